The van der Waals surface area contributed by atoms with Gasteiger partial charge in [-0.2, -0.15) is 0 Å². The van der Waals surface area contributed by atoms with Crippen LogP contribution in [0.1, 0.15) is 29.2 Å². The van der Waals surface area contributed by atoms with Crippen molar-refractivity contribution in [3.8, 4) is 5.75 Å². The molecular weight excluding hydrogens is 360 g/mol. The number of carbonyl (C=O) groups excluding carboxylic acids is 1. The predicted molar refractivity (Wildman–Crippen MR) is 117 cm³/mol. The summed E-state index contributed by atoms with van der Waals surface area (Å²) in [4.78, 5) is 14.8. The van der Waals surface area contributed by atoms with Crippen molar-refractivity contribution >= 4 is 5.91 Å². The van der Waals surface area contributed by atoms with Gasteiger partial charge in [-0.05, 0) is 35.9 Å². The molecule has 0 unspecified atom stereocenters. The van der Waals surface area contributed by atoms with E-state index in [2.05, 4.69) is 16.3 Å². The van der Waals surface area contributed by atoms with E-state index < -0.39 is 0 Å². The summed E-state index contributed by atoms with van der Waals surface area (Å²) < 4.78 is 5.28. The summed E-state index contributed by atoms with van der Waals surface area (Å²) >= 11 is 0. The fourth-order valence-electron chi connectivity index (χ4n) is 3.34. The lowest BCUT2D eigenvalue weighted by Gasteiger charge is -2.21. The van der Waals surface area contributed by atoms with Crippen molar-refractivity contribution in [1.29, 1.82) is 0 Å². The average molecular weight is 389 g/mol. The zero-order chi connectivity index (χ0) is 20.5. The summed E-state index contributed by atoms with van der Waals surface area (Å²) in [6, 6.07) is 28.0. The van der Waals surface area contributed by atoms with Crippen molar-refractivity contribution in [1.82, 2.24) is 10.2 Å². The topological polar surface area (TPSA) is 41.6 Å². The van der Waals surface area contributed by atoms with Crippen LogP contribution in [0.15, 0.2) is 84.9 Å². The Morgan fingerprint density at radius 3 is 2.14 bits per heavy atom. The molecule has 0 aliphatic heterocycles. The lowest BCUT2D eigenvalue weighted by atomic mass is 9.98. The van der Waals surface area contributed by atoms with Crippen LogP contribution in [0.3, 0.4) is 0 Å². The van der Waals surface area contributed by atoms with Gasteiger partial charge in [-0.3, -0.25) is 4.79 Å². The Morgan fingerprint density at radius 2 is 1.55 bits per heavy atom. The van der Waals surface area contributed by atoms with Gasteiger partial charge in [0.1, 0.15) is 5.75 Å². The molecule has 0 fully saturated rings. The number of amides is 1. The highest BCUT2D eigenvalue weighted by Crippen LogP contribution is 2.22. The van der Waals surface area contributed by atoms with Gasteiger partial charge in [0.25, 0.3) is 0 Å². The van der Waals surface area contributed by atoms with Gasteiger partial charge in [-0.25, -0.2) is 0 Å². The molecule has 0 radical (unpaired) electrons. The lowest BCUT2D eigenvalue weighted by molar-refractivity contribution is -0.121. The SMILES string of the molecule is COc1cccc(CN(C)CCC(=O)NC(c2ccccc2)c2ccccc2)c1. The number of ether oxygens (including phenoxy) is 1. The Kier molecular flexibility index (Phi) is 7.42. The highest BCUT2D eigenvalue weighted by atomic mass is 16.5. The van der Waals surface area contributed by atoms with Gasteiger partial charge >= 0.3 is 0 Å². The number of nitrogens with zero attached hydrogens (tertiary/aromatic N) is 1. The van der Waals surface area contributed by atoms with E-state index in [1.54, 1.807) is 7.11 Å². The fourth-order valence-corrected chi connectivity index (χ4v) is 3.34. The average Bonchev–Trinajstić information content (AvgIpc) is 2.77. The Hall–Kier alpha value is -3.11. The minimum absolute atomic E-state index is 0.0419. The molecule has 0 aliphatic carbocycles. The second kappa shape index (κ2) is 10.4. The number of hydrogen-bond donors (Lipinski definition) is 1. The van der Waals surface area contributed by atoms with Crippen LogP contribution in [0.2, 0.25) is 0 Å². The smallest absolute Gasteiger partial charge is 0.222 e. The second-order valence-electron chi connectivity index (χ2n) is 7.16. The van der Waals surface area contributed by atoms with Crippen LogP contribution in [0.5, 0.6) is 5.75 Å². The first-order chi connectivity index (χ1) is 14.2. The first-order valence-corrected chi connectivity index (χ1v) is 9.86. The number of hydrogen-bond acceptors (Lipinski definition) is 3. The fraction of sp³-hybridized carbons (Fsp3) is 0.240. The van der Waals surface area contributed by atoms with Gasteiger partial charge < -0.3 is 15.0 Å². The van der Waals surface area contributed by atoms with Gasteiger partial charge in [0, 0.05) is 19.5 Å². The van der Waals surface area contributed by atoms with Gasteiger partial charge in [-0.1, -0.05) is 72.8 Å². The number of benzene rings is 3. The van der Waals surface area contributed by atoms with Crippen LogP contribution in [0, 0.1) is 0 Å². The summed E-state index contributed by atoms with van der Waals surface area (Å²) in [5.41, 5.74) is 3.33. The predicted octanol–water partition coefficient (Wildman–Crippen LogP) is 4.42. The van der Waals surface area contributed by atoms with Crippen LogP contribution in [0.25, 0.3) is 0 Å². The summed E-state index contributed by atoms with van der Waals surface area (Å²) in [5.74, 6) is 0.891. The standard InChI is InChI=1S/C25H28N2O2/c1-27(19-20-10-9-15-23(18-20)29-2)17-16-24(28)26-25(21-11-5-3-6-12-21)22-13-7-4-8-14-22/h3-15,18,25H,16-17,19H2,1-2H3,(H,26,28). The van der Waals surface area contributed by atoms with Crippen molar-refractivity contribution < 1.29 is 9.53 Å². The highest BCUT2D eigenvalue weighted by Gasteiger charge is 2.16. The molecule has 0 saturated carbocycles. The van der Waals surface area contributed by atoms with E-state index in [1.807, 2.05) is 85.9 Å². The van der Waals surface area contributed by atoms with Crippen LogP contribution in [-0.2, 0) is 11.3 Å². The molecule has 0 bridgehead atoms. The molecule has 3 rings (SSSR count). The van der Waals surface area contributed by atoms with E-state index in [0.29, 0.717) is 13.0 Å². The molecule has 150 valence electrons. The molecule has 3 aromatic carbocycles. The first kappa shape index (κ1) is 20.6. The quantitative estimate of drug-likeness (QED) is 0.590. The van der Waals surface area contributed by atoms with Crippen LogP contribution < -0.4 is 10.1 Å². The minimum Gasteiger partial charge on any atom is -0.497 e. The molecule has 0 spiro atoms. The zero-order valence-corrected chi connectivity index (χ0v) is 17.0. The number of rotatable bonds is 9. The van der Waals surface area contributed by atoms with Crippen molar-refractivity contribution in [2.24, 2.45) is 0 Å². The summed E-state index contributed by atoms with van der Waals surface area (Å²) in [5, 5.41) is 3.20. The molecular formula is C25H28N2O2. The molecule has 0 atom stereocenters. The number of carbonyl (C=O) groups is 1. The molecule has 1 amide bonds. The van der Waals surface area contributed by atoms with E-state index in [0.717, 1.165) is 23.4 Å². The third-order valence-electron chi connectivity index (χ3n) is 4.88. The van der Waals surface area contributed by atoms with Crippen molar-refractivity contribution in [2.45, 2.75) is 19.0 Å². The molecule has 29 heavy (non-hydrogen) atoms. The van der Waals surface area contributed by atoms with E-state index >= 15 is 0 Å². The molecule has 3 aromatic rings. The number of methoxy groups -OCH3 is 1. The number of nitrogens with one attached hydrogen (secondary N) is 1. The van der Waals surface area contributed by atoms with E-state index in [4.69, 9.17) is 4.74 Å². The minimum atomic E-state index is -0.145. The van der Waals surface area contributed by atoms with E-state index in [-0.39, 0.29) is 11.9 Å². The Labute approximate surface area is 173 Å². The van der Waals surface area contributed by atoms with Gasteiger partial charge in [0.2, 0.25) is 5.91 Å². The molecule has 4 heteroatoms. The van der Waals surface area contributed by atoms with Gasteiger partial charge in [0.05, 0.1) is 13.2 Å². The van der Waals surface area contributed by atoms with Crippen molar-refractivity contribution in [3.63, 3.8) is 0 Å². The lowest BCUT2D eigenvalue weighted by Crippen LogP contribution is -2.32. The van der Waals surface area contributed by atoms with E-state index in [9.17, 15) is 4.79 Å². The largest absolute Gasteiger partial charge is 0.497 e. The summed E-state index contributed by atoms with van der Waals surface area (Å²) in [6.07, 6.45) is 0.441. The van der Waals surface area contributed by atoms with E-state index in [1.165, 1.54) is 5.56 Å². The summed E-state index contributed by atoms with van der Waals surface area (Å²) in [7, 11) is 3.70. The molecule has 0 aromatic heterocycles. The molecule has 0 aliphatic rings. The first-order valence-electron chi connectivity index (χ1n) is 9.86. The van der Waals surface area contributed by atoms with Crippen LogP contribution >= 0.6 is 0 Å². The Morgan fingerprint density at radius 1 is 0.931 bits per heavy atom. The maximum atomic E-state index is 12.7. The molecule has 1 N–H and O–H groups in total. The Bertz CT molecular complexity index is 857. The third kappa shape index (κ3) is 6.19. The highest BCUT2D eigenvalue weighted by molar-refractivity contribution is 5.77. The van der Waals surface area contributed by atoms with Gasteiger partial charge in [-0.15, -0.1) is 0 Å². The zero-order valence-electron chi connectivity index (χ0n) is 17.0. The molecule has 0 saturated heterocycles. The maximum absolute atomic E-state index is 12.7. The van der Waals surface area contributed by atoms with Crippen molar-refractivity contribution in [3.05, 3.63) is 102 Å². The van der Waals surface area contributed by atoms with Crippen molar-refractivity contribution in [2.75, 3.05) is 20.7 Å². The molecule has 4 nitrogen and oxygen atoms in total. The summed E-state index contributed by atoms with van der Waals surface area (Å²) in [6.45, 7) is 1.45. The van der Waals surface area contributed by atoms with Crippen LogP contribution in [0.4, 0.5) is 0 Å². The molecule has 0 heterocycles. The van der Waals surface area contributed by atoms with Gasteiger partial charge in [0.15, 0.2) is 0 Å². The normalized spacial score (nSPS) is 10.9. The maximum Gasteiger partial charge on any atom is 0.222 e. The third-order valence-corrected chi connectivity index (χ3v) is 4.88. The van der Waals surface area contributed by atoms with Crippen LogP contribution in [-0.4, -0.2) is 31.5 Å². The monoisotopic (exact) mass is 388 g/mol. The Balaban J connectivity index is 1.58. The second-order valence-corrected chi connectivity index (χ2v) is 7.16.